The molecule has 60 valence electrons. The van der Waals surface area contributed by atoms with Crippen LogP contribution in [-0.2, 0) is 9.62 Å². The Labute approximate surface area is 65.7 Å². The summed E-state index contributed by atoms with van der Waals surface area (Å²) < 4.78 is 5.70. The van der Waals surface area contributed by atoms with Crippen LogP contribution in [0.3, 0.4) is 0 Å². The maximum absolute atomic E-state index is 8.36. The molecular weight excluding hydrogens is 143 g/mol. The van der Waals surface area contributed by atoms with Crippen LogP contribution in [0.5, 0.6) is 0 Å². The van der Waals surface area contributed by atoms with Crippen LogP contribution >= 0.6 is 0 Å². The molecule has 1 saturated carbocycles. The van der Waals surface area contributed by atoms with Crippen LogP contribution in [0.4, 0.5) is 0 Å². The van der Waals surface area contributed by atoms with Gasteiger partial charge in [-0.05, 0) is 25.1 Å². The second-order valence-electron chi connectivity index (χ2n) is 3.99. The lowest BCUT2D eigenvalue weighted by atomic mass is 9.62. The van der Waals surface area contributed by atoms with Gasteiger partial charge >= 0.3 is 0 Å². The van der Waals surface area contributed by atoms with Crippen LogP contribution in [0.1, 0.15) is 12.8 Å². The molecule has 1 N–H and O–H groups in total. The predicted octanol–water partition coefficient (Wildman–Crippen LogP) is 0.609. The second kappa shape index (κ2) is 2.00. The molecule has 3 nitrogen and oxygen atoms in total. The summed E-state index contributed by atoms with van der Waals surface area (Å²) in [5.41, 5.74) is 0. The van der Waals surface area contributed by atoms with Crippen molar-refractivity contribution in [1.82, 2.24) is 0 Å². The number of rotatable bonds is 2. The first kappa shape index (κ1) is 6.46. The van der Waals surface area contributed by atoms with Crippen molar-refractivity contribution in [2.75, 3.05) is 0 Å². The van der Waals surface area contributed by atoms with Crippen molar-refractivity contribution in [3.8, 4) is 0 Å². The molecule has 0 aromatic heterocycles. The largest absolute Gasteiger partial charge is 0.383 e. The number of hydrogen-bond donors (Lipinski definition) is 1. The van der Waals surface area contributed by atoms with Crippen molar-refractivity contribution < 1.29 is 14.9 Å². The second-order valence-corrected chi connectivity index (χ2v) is 3.99. The van der Waals surface area contributed by atoms with Gasteiger partial charge < -0.3 is 4.74 Å². The maximum atomic E-state index is 8.36. The number of fused-ring (bicyclic) bond motifs is 1. The Balaban J connectivity index is 1.58. The lowest BCUT2D eigenvalue weighted by Crippen LogP contribution is -2.23. The first-order valence-corrected chi connectivity index (χ1v) is 4.34. The Hall–Kier alpha value is -0.0551. The first-order valence-electron chi connectivity index (χ1n) is 4.34. The van der Waals surface area contributed by atoms with E-state index in [0.29, 0.717) is 18.8 Å². The van der Waals surface area contributed by atoms with Gasteiger partial charge in [-0.25, -0.2) is 4.89 Å². The van der Waals surface area contributed by atoms with Gasteiger partial charge in [-0.2, -0.15) is 0 Å². The molecule has 11 heavy (non-hydrogen) atoms. The number of hydrogen-bond acceptors (Lipinski definition) is 3. The molecule has 0 radical (unpaired) electrons. The first-order chi connectivity index (χ1) is 5.38. The normalized spacial score (nSPS) is 52.6. The highest BCUT2D eigenvalue weighted by molar-refractivity contribution is 6.72. The van der Waals surface area contributed by atoms with E-state index < -0.39 is 0 Å². The molecule has 0 spiro atoms. The highest BCUT2D eigenvalue weighted by Crippen LogP contribution is 2.49. The number of ether oxygens (including phenoxy) is 1. The minimum Gasteiger partial charge on any atom is -0.383 e. The van der Waals surface area contributed by atoms with Gasteiger partial charge in [0.15, 0.2) is 0 Å². The van der Waals surface area contributed by atoms with Gasteiger partial charge in [0, 0.05) is 6.00 Å². The molecule has 2 saturated heterocycles. The highest BCUT2D eigenvalue weighted by Gasteiger charge is 2.57. The van der Waals surface area contributed by atoms with Crippen molar-refractivity contribution in [1.29, 1.82) is 0 Å². The molecule has 0 aromatic rings. The zero-order chi connectivity index (χ0) is 7.42. The van der Waals surface area contributed by atoms with E-state index in [1.807, 2.05) is 0 Å². The van der Waals surface area contributed by atoms with Gasteiger partial charge in [0.05, 0.1) is 12.1 Å². The molecule has 3 rings (SSSR count). The van der Waals surface area contributed by atoms with Crippen molar-refractivity contribution in [3.05, 3.63) is 0 Å². The summed E-state index contributed by atoms with van der Waals surface area (Å²) in [6.45, 7) is 0.493. The van der Waals surface area contributed by atoms with E-state index in [9.17, 15) is 0 Å². The average Bonchev–Trinajstić information content (AvgIpc) is 2.91. The van der Waals surface area contributed by atoms with E-state index in [2.05, 4.69) is 4.89 Å². The quantitative estimate of drug-likeness (QED) is 0.359. The molecule has 0 amide bonds. The fourth-order valence-electron chi connectivity index (χ4n) is 2.19. The van der Waals surface area contributed by atoms with Crippen LogP contribution in [0.25, 0.3) is 0 Å². The van der Waals surface area contributed by atoms with Crippen molar-refractivity contribution in [3.63, 3.8) is 0 Å². The molecule has 0 bridgehead atoms. The van der Waals surface area contributed by atoms with Crippen molar-refractivity contribution in [2.45, 2.75) is 37.3 Å². The van der Waals surface area contributed by atoms with Gasteiger partial charge in [-0.15, -0.1) is 0 Å². The van der Waals surface area contributed by atoms with Crippen LogP contribution < -0.4 is 0 Å². The van der Waals surface area contributed by atoms with E-state index in [4.69, 9.17) is 9.99 Å². The fourth-order valence-corrected chi connectivity index (χ4v) is 2.19. The summed E-state index contributed by atoms with van der Waals surface area (Å²) in [6, 6.07) is 0.480. The Morgan fingerprint density at radius 1 is 1.45 bits per heavy atom. The molecule has 2 unspecified atom stereocenters. The lowest BCUT2D eigenvalue weighted by molar-refractivity contribution is -0.244. The summed E-state index contributed by atoms with van der Waals surface area (Å²) in [5, 5.41) is 8.36. The molecule has 1 aliphatic carbocycles. The van der Waals surface area contributed by atoms with Gasteiger partial charge in [-0.3, -0.25) is 5.26 Å². The van der Waals surface area contributed by atoms with Crippen LogP contribution in [-0.4, -0.2) is 30.1 Å². The summed E-state index contributed by atoms with van der Waals surface area (Å²) in [7, 11) is 0. The summed E-state index contributed by atoms with van der Waals surface area (Å²) >= 11 is 0. The van der Waals surface area contributed by atoms with E-state index >= 15 is 0 Å². The van der Waals surface area contributed by atoms with E-state index in [1.165, 1.54) is 12.8 Å². The van der Waals surface area contributed by atoms with Gasteiger partial charge in [-0.1, -0.05) is 0 Å². The minimum absolute atomic E-state index is 0.0810. The van der Waals surface area contributed by atoms with Gasteiger partial charge in [0.25, 0.3) is 0 Å². The summed E-state index contributed by atoms with van der Waals surface area (Å²) in [4.78, 5) is 4.26. The molecule has 3 aliphatic rings. The predicted molar refractivity (Wildman–Crippen MR) is 39.4 cm³/mol. The van der Waals surface area contributed by atoms with Crippen LogP contribution in [0.15, 0.2) is 0 Å². The van der Waals surface area contributed by atoms with Crippen LogP contribution in [0, 0.1) is 5.92 Å². The third-order valence-electron chi connectivity index (χ3n) is 3.13. The van der Waals surface area contributed by atoms with Gasteiger partial charge in [0.2, 0.25) is 6.71 Å². The van der Waals surface area contributed by atoms with Crippen LogP contribution in [0.2, 0.25) is 6.32 Å². The monoisotopic (exact) mass is 154 g/mol. The van der Waals surface area contributed by atoms with E-state index in [-0.39, 0.29) is 6.00 Å². The standard InChI is InChI=1S/C7H11BO3/c9-11-7-3-8(7)6-2-4-1-5(4)10-6/h4-7,9H,1-3H2/t4-,5?,6?,7+/m0/s1. The molecule has 4 atom stereocenters. The Morgan fingerprint density at radius 2 is 2.36 bits per heavy atom. The average molecular weight is 154 g/mol. The zero-order valence-electron chi connectivity index (χ0n) is 6.27. The lowest BCUT2D eigenvalue weighted by Gasteiger charge is -2.08. The molecular formula is C7H11BO3. The Bertz CT molecular complexity index is 177. The van der Waals surface area contributed by atoms with Gasteiger partial charge in [0.1, 0.15) is 0 Å². The topological polar surface area (TPSA) is 38.7 Å². The van der Waals surface area contributed by atoms with Crippen molar-refractivity contribution in [2.24, 2.45) is 5.92 Å². The summed E-state index contributed by atoms with van der Waals surface area (Å²) in [5.74, 6) is 0.847. The third-order valence-corrected chi connectivity index (χ3v) is 3.13. The summed E-state index contributed by atoms with van der Waals surface area (Å²) in [6.07, 6.45) is 4.03. The highest BCUT2D eigenvalue weighted by atomic mass is 17.1. The SMILES string of the molecule is OO[C@@H]1CB1C1C[C@@H]2CC2O1. The molecule has 2 heterocycles. The zero-order valence-corrected chi connectivity index (χ0v) is 6.27. The van der Waals surface area contributed by atoms with E-state index in [1.54, 1.807) is 0 Å². The molecule has 4 heteroatoms. The van der Waals surface area contributed by atoms with E-state index in [0.717, 1.165) is 12.2 Å². The maximum Gasteiger partial charge on any atom is 0.215 e. The Kier molecular flexibility index (Phi) is 1.17. The molecule has 2 aliphatic heterocycles. The molecule has 3 fully saturated rings. The van der Waals surface area contributed by atoms with Crippen molar-refractivity contribution >= 4 is 6.71 Å². The fraction of sp³-hybridized carbons (Fsp3) is 1.00. The Morgan fingerprint density at radius 3 is 2.91 bits per heavy atom. The minimum atomic E-state index is 0.0810. The smallest absolute Gasteiger partial charge is 0.215 e. The molecule has 0 aromatic carbocycles. The third kappa shape index (κ3) is 0.933.